The fourth-order valence-corrected chi connectivity index (χ4v) is 2.69. The molecular formula is C18H29ClN2O2. The molecule has 0 heterocycles. The van der Waals surface area contributed by atoms with E-state index in [0.717, 1.165) is 37.0 Å². The predicted molar refractivity (Wildman–Crippen MR) is 96.1 cm³/mol. The molecular weight excluding hydrogens is 312 g/mol. The number of carbonyl (C=O) groups is 1. The van der Waals surface area contributed by atoms with Gasteiger partial charge in [0.2, 0.25) is 5.91 Å². The summed E-state index contributed by atoms with van der Waals surface area (Å²) in [4.78, 5) is 12.1. The van der Waals surface area contributed by atoms with Crippen molar-refractivity contribution in [3.63, 3.8) is 0 Å². The number of rotatable bonds is 6. The average molecular weight is 341 g/mol. The molecule has 1 saturated carbocycles. The molecule has 0 radical (unpaired) electrons. The lowest BCUT2D eigenvalue weighted by Crippen LogP contribution is -2.41. The van der Waals surface area contributed by atoms with Gasteiger partial charge in [0.15, 0.2) is 0 Å². The summed E-state index contributed by atoms with van der Waals surface area (Å²) in [5.41, 5.74) is 6.90. The van der Waals surface area contributed by atoms with Gasteiger partial charge in [-0.2, -0.15) is 0 Å². The van der Waals surface area contributed by atoms with E-state index < -0.39 is 0 Å². The first-order valence-electron chi connectivity index (χ1n) is 8.29. The molecule has 23 heavy (non-hydrogen) atoms. The Bertz CT molecular complexity index is 468. The van der Waals surface area contributed by atoms with Crippen molar-refractivity contribution in [1.29, 1.82) is 0 Å². The molecule has 1 fully saturated rings. The maximum absolute atomic E-state index is 12.1. The van der Waals surface area contributed by atoms with Crippen LogP contribution < -0.4 is 15.8 Å². The molecule has 0 unspecified atom stereocenters. The first kappa shape index (κ1) is 19.8. The summed E-state index contributed by atoms with van der Waals surface area (Å²) in [6.07, 6.45) is 4.43. The highest BCUT2D eigenvalue weighted by Crippen LogP contribution is 2.17. The lowest BCUT2D eigenvalue weighted by molar-refractivity contribution is -0.121. The monoisotopic (exact) mass is 340 g/mol. The van der Waals surface area contributed by atoms with Crippen molar-refractivity contribution >= 4 is 18.3 Å². The maximum atomic E-state index is 12.1. The summed E-state index contributed by atoms with van der Waals surface area (Å²) in [6.45, 7) is 4.96. The molecule has 1 aliphatic rings. The van der Waals surface area contributed by atoms with E-state index in [-0.39, 0.29) is 18.3 Å². The van der Waals surface area contributed by atoms with E-state index >= 15 is 0 Å². The summed E-state index contributed by atoms with van der Waals surface area (Å²) >= 11 is 0. The van der Waals surface area contributed by atoms with Gasteiger partial charge in [-0.3, -0.25) is 4.79 Å². The number of benzene rings is 1. The smallest absolute Gasteiger partial charge is 0.224 e. The van der Waals surface area contributed by atoms with Crippen LogP contribution >= 0.6 is 12.4 Å². The number of nitrogens with two attached hydrogens (primary N) is 1. The maximum Gasteiger partial charge on any atom is 0.224 e. The Kier molecular flexibility index (Phi) is 8.42. The van der Waals surface area contributed by atoms with Gasteiger partial charge in [-0.15, -0.1) is 12.4 Å². The van der Waals surface area contributed by atoms with Crippen molar-refractivity contribution in [2.24, 2.45) is 11.7 Å². The molecule has 1 aromatic rings. The molecule has 0 aliphatic heterocycles. The lowest BCUT2D eigenvalue weighted by Gasteiger charge is -2.26. The molecule has 4 nitrogen and oxygen atoms in total. The van der Waals surface area contributed by atoms with Crippen LogP contribution in [0.2, 0.25) is 0 Å². The van der Waals surface area contributed by atoms with Gasteiger partial charge >= 0.3 is 0 Å². The third-order valence-electron chi connectivity index (χ3n) is 4.01. The van der Waals surface area contributed by atoms with E-state index in [4.69, 9.17) is 10.5 Å². The normalized spacial score (nSPS) is 20.7. The summed E-state index contributed by atoms with van der Waals surface area (Å²) in [6, 6.07) is 8.40. The molecule has 2 rings (SSSR count). The molecule has 0 spiro atoms. The molecule has 0 aromatic heterocycles. The second-order valence-corrected chi connectivity index (χ2v) is 6.70. The van der Waals surface area contributed by atoms with E-state index in [1.54, 1.807) is 0 Å². The van der Waals surface area contributed by atoms with Crippen LogP contribution in [0, 0.1) is 5.92 Å². The van der Waals surface area contributed by atoms with Crippen LogP contribution in [0.4, 0.5) is 0 Å². The Balaban J connectivity index is 0.00000264. The highest BCUT2D eigenvalue weighted by molar-refractivity contribution is 5.85. The van der Waals surface area contributed by atoms with Crippen molar-refractivity contribution in [3.05, 3.63) is 29.8 Å². The zero-order valence-corrected chi connectivity index (χ0v) is 14.9. The number of hydrogen-bond acceptors (Lipinski definition) is 3. The number of amides is 1. The average Bonchev–Trinajstić information content (AvgIpc) is 2.49. The molecule has 1 amide bonds. The fourth-order valence-electron chi connectivity index (χ4n) is 2.69. The van der Waals surface area contributed by atoms with Crippen molar-refractivity contribution in [3.8, 4) is 5.75 Å². The second kappa shape index (κ2) is 9.78. The summed E-state index contributed by atoms with van der Waals surface area (Å²) in [5, 5.41) is 3.12. The SMILES string of the molecule is CC(C)COc1ccc(CC(=O)NC2CCC(N)CC2)cc1.Cl. The molecule has 3 N–H and O–H groups in total. The summed E-state index contributed by atoms with van der Waals surface area (Å²) in [7, 11) is 0. The Hall–Kier alpha value is -1.26. The van der Waals surface area contributed by atoms with E-state index in [9.17, 15) is 4.79 Å². The quantitative estimate of drug-likeness (QED) is 0.836. The lowest BCUT2D eigenvalue weighted by atomic mass is 9.91. The third-order valence-corrected chi connectivity index (χ3v) is 4.01. The molecule has 130 valence electrons. The van der Waals surface area contributed by atoms with Crippen molar-refractivity contribution in [1.82, 2.24) is 5.32 Å². The highest BCUT2D eigenvalue weighted by Gasteiger charge is 2.19. The van der Waals surface area contributed by atoms with Crippen LogP contribution in [-0.4, -0.2) is 24.6 Å². The number of carbonyl (C=O) groups excluding carboxylic acids is 1. The van der Waals surface area contributed by atoms with E-state index in [1.807, 2.05) is 24.3 Å². The van der Waals surface area contributed by atoms with Gasteiger partial charge in [0.05, 0.1) is 13.0 Å². The van der Waals surface area contributed by atoms with Gasteiger partial charge in [-0.1, -0.05) is 26.0 Å². The molecule has 0 saturated heterocycles. The Morgan fingerprint density at radius 3 is 2.39 bits per heavy atom. The first-order valence-corrected chi connectivity index (χ1v) is 8.29. The Morgan fingerprint density at radius 2 is 1.83 bits per heavy atom. The van der Waals surface area contributed by atoms with Crippen LogP contribution in [0.3, 0.4) is 0 Å². The summed E-state index contributed by atoms with van der Waals surface area (Å²) in [5.74, 6) is 1.46. The van der Waals surface area contributed by atoms with Crippen LogP contribution in [0.15, 0.2) is 24.3 Å². The number of hydrogen-bond donors (Lipinski definition) is 2. The standard InChI is InChI=1S/C18H28N2O2.ClH/c1-13(2)12-22-17-9-3-14(4-10-17)11-18(21)20-16-7-5-15(19)6-8-16;/h3-4,9-10,13,15-16H,5-8,11-12,19H2,1-2H3,(H,20,21);1H. The van der Waals surface area contributed by atoms with E-state index in [2.05, 4.69) is 19.2 Å². The van der Waals surface area contributed by atoms with E-state index in [0.29, 0.717) is 31.0 Å². The zero-order valence-electron chi connectivity index (χ0n) is 14.1. The highest BCUT2D eigenvalue weighted by atomic mass is 35.5. The van der Waals surface area contributed by atoms with Crippen LogP contribution in [-0.2, 0) is 11.2 Å². The Labute approximate surface area is 145 Å². The Morgan fingerprint density at radius 1 is 1.22 bits per heavy atom. The largest absolute Gasteiger partial charge is 0.493 e. The minimum Gasteiger partial charge on any atom is -0.493 e. The van der Waals surface area contributed by atoms with Crippen LogP contribution in [0.25, 0.3) is 0 Å². The second-order valence-electron chi connectivity index (χ2n) is 6.70. The van der Waals surface area contributed by atoms with Gasteiger partial charge in [0.25, 0.3) is 0 Å². The number of ether oxygens (including phenoxy) is 1. The van der Waals surface area contributed by atoms with Gasteiger partial charge in [0, 0.05) is 12.1 Å². The zero-order chi connectivity index (χ0) is 15.9. The first-order chi connectivity index (χ1) is 10.5. The van der Waals surface area contributed by atoms with Crippen LogP contribution in [0.5, 0.6) is 5.75 Å². The van der Waals surface area contributed by atoms with Gasteiger partial charge in [-0.05, 0) is 49.3 Å². The predicted octanol–water partition coefficient (Wildman–Crippen LogP) is 3.07. The number of halogens is 1. The third kappa shape index (κ3) is 7.23. The summed E-state index contributed by atoms with van der Waals surface area (Å²) < 4.78 is 5.65. The van der Waals surface area contributed by atoms with Gasteiger partial charge < -0.3 is 15.8 Å². The molecule has 5 heteroatoms. The molecule has 0 bridgehead atoms. The minimum absolute atomic E-state index is 0. The van der Waals surface area contributed by atoms with Crippen LogP contribution in [0.1, 0.15) is 45.1 Å². The van der Waals surface area contributed by atoms with Gasteiger partial charge in [0.1, 0.15) is 5.75 Å². The minimum atomic E-state index is 0. The molecule has 1 aliphatic carbocycles. The molecule has 1 aromatic carbocycles. The van der Waals surface area contributed by atoms with E-state index in [1.165, 1.54) is 0 Å². The number of nitrogens with one attached hydrogen (secondary N) is 1. The fraction of sp³-hybridized carbons (Fsp3) is 0.611. The van der Waals surface area contributed by atoms with Gasteiger partial charge in [-0.25, -0.2) is 0 Å². The van der Waals surface area contributed by atoms with Crippen molar-refractivity contribution < 1.29 is 9.53 Å². The molecule has 0 atom stereocenters. The van der Waals surface area contributed by atoms with Crippen molar-refractivity contribution in [2.75, 3.05) is 6.61 Å². The van der Waals surface area contributed by atoms with Crippen molar-refractivity contribution in [2.45, 2.75) is 58.0 Å². The topological polar surface area (TPSA) is 64.3 Å².